The zero-order chi connectivity index (χ0) is 28.6. The van der Waals surface area contributed by atoms with Crippen molar-refractivity contribution in [2.45, 2.75) is 57.4 Å². The third kappa shape index (κ3) is 6.25. The van der Waals surface area contributed by atoms with Crippen LogP contribution in [0.25, 0.3) is 11.0 Å². The second-order valence-corrected chi connectivity index (χ2v) is 10.1. The van der Waals surface area contributed by atoms with Crippen molar-refractivity contribution in [3.8, 4) is 0 Å². The summed E-state index contributed by atoms with van der Waals surface area (Å²) in [6.45, 7) is 5.16. The van der Waals surface area contributed by atoms with E-state index in [1.54, 1.807) is 22.9 Å². The van der Waals surface area contributed by atoms with Gasteiger partial charge in [0.05, 0.1) is 24.0 Å². The lowest BCUT2D eigenvalue weighted by Crippen LogP contribution is -2.27. The molecule has 0 radical (unpaired) electrons. The fourth-order valence-corrected chi connectivity index (χ4v) is 4.22. The number of halogens is 5. The number of alkyl halides is 5. The van der Waals surface area contributed by atoms with Gasteiger partial charge in [0.2, 0.25) is 5.91 Å². The van der Waals surface area contributed by atoms with E-state index in [2.05, 4.69) is 15.6 Å². The van der Waals surface area contributed by atoms with Crippen molar-refractivity contribution in [3.63, 3.8) is 0 Å². The second-order valence-electron chi connectivity index (χ2n) is 10.1. The summed E-state index contributed by atoms with van der Waals surface area (Å²) >= 11 is 0. The molecule has 0 aliphatic carbocycles. The van der Waals surface area contributed by atoms with E-state index in [-0.39, 0.29) is 17.9 Å². The molecule has 6 nitrogen and oxygen atoms in total. The van der Waals surface area contributed by atoms with E-state index in [0.29, 0.717) is 34.4 Å². The maximum absolute atomic E-state index is 13.9. The van der Waals surface area contributed by atoms with Gasteiger partial charge in [-0.3, -0.25) is 4.79 Å². The summed E-state index contributed by atoms with van der Waals surface area (Å²) in [6.07, 6.45) is -6.29. The SMILES string of the molecule is CC(O)C(F)(F)c1ccc(CC(=O)Nc2ccc3c(c2)nnn3CC(C)(C)c2ccc(C(F)(F)F)cc2)cc1. The molecule has 1 atom stereocenters. The highest BCUT2D eigenvalue weighted by Gasteiger charge is 2.37. The molecule has 0 spiro atoms. The first-order valence-corrected chi connectivity index (χ1v) is 12.1. The molecule has 0 saturated heterocycles. The van der Waals surface area contributed by atoms with Crippen LogP contribution in [0.15, 0.2) is 66.7 Å². The first-order chi connectivity index (χ1) is 18.2. The van der Waals surface area contributed by atoms with E-state index >= 15 is 0 Å². The largest absolute Gasteiger partial charge is 0.416 e. The predicted molar refractivity (Wildman–Crippen MR) is 136 cm³/mol. The third-order valence-electron chi connectivity index (χ3n) is 6.56. The maximum atomic E-state index is 13.9. The third-order valence-corrected chi connectivity index (χ3v) is 6.56. The molecule has 1 heterocycles. The van der Waals surface area contributed by atoms with Crippen molar-refractivity contribution in [2.24, 2.45) is 0 Å². The van der Waals surface area contributed by atoms with Crippen molar-refractivity contribution in [2.75, 3.05) is 5.32 Å². The Bertz CT molecular complexity index is 1460. The van der Waals surface area contributed by atoms with E-state index in [9.17, 15) is 31.9 Å². The van der Waals surface area contributed by atoms with Crippen molar-refractivity contribution >= 4 is 22.6 Å². The Morgan fingerprint density at radius 3 is 2.10 bits per heavy atom. The Morgan fingerprint density at radius 2 is 1.51 bits per heavy atom. The van der Waals surface area contributed by atoms with Crippen molar-refractivity contribution in [1.29, 1.82) is 0 Å². The summed E-state index contributed by atoms with van der Waals surface area (Å²) in [5.74, 6) is -3.75. The predicted octanol–water partition coefficient (Wildman–Crippen LogP) is 6.08. The summed E-state index contributed by atoms with van der Waals surface area (Å²) in [7, 11) is 0. The van der Waals surface area contributed by atoms with Gasteiger partial charge in [0, 0.05) is 16.7 Å². The summed E-state index contributed by atoms with van der Waals surface area (Å²) in [5, 5.41) is 20.4. The average Bonchev–Trinajstić information content (AvgIpc) is 3.25. The minimum Gasteiger partial charge on any atom is -0.387 e. The molecule has 2 N–H and O–H groups in total. The van der Waals surface area contributed by atoms with Crippen LogP contribution in [0.2, 0.25) is 0 Å². The van der Waals surface area contributed by atoms with E-state index in [4.69, 9.17) is 0 Å². The topological polar surface area (TPSA) is 80.0 Å². The number of nitrogens with zero attached hydrogens (tertiary/aromatic N) is 3. The maximum Gasteiger partial charge on any atom is 0.416 e. The number of hydrogen-bond acceptors (Lipinski definition) is 4. The van der Waals surface area contributed by atoms with E-state index in [0.717, 1.165) is 19.1 Å². The van der Waals surface area contributed by atoms with Gasteiger partial charge in [-0.05, 0) is 48.4 Å². The second kappa shape index (κ2) is 10.4. The quantitative estimate of drug-likeness (QED) is 0.263. The van der Waals surface area contributed by atoms with Crippen molar-refractivity contribution in [1.82, 2.24) is 15.0 Å². The van der Waals surface area contributed by atoms with E-state index in [1.165, 1.54) is 36.4 Å². The number of aromatic nitrogens is 3. The highest BCUT2D eigenvalue weighted by atomic mass is 19.4. The molecule has 0 bridgehead atoms. The molecule has 0 aliphatic rings. The molecule has 1 unspecified atom stereocenters. The van der Waals surface area contributed by atoms with Crippen LogP contribution >= 0.6 is 0 Å². The molecular formula is C28H27F5N4O2. The first kappa shape index (κ1) is 28.2. The smallest absolute Gasteiger partial charge is 0.387 e. The Morgan fingerprint density at radius 1 is 0.923 bits per heavy atom. The van der Waals surface area contributed by atoms with E-state index < -0.39 is 29.2 Å². The zero-order valence-electron chi connectivity index (χ0n) is 21.4. The lowest BCUT2D eigenvalue weighted by molar-refractivity contribution is -0.137. The molecule has 3 aromatic carbocycles. The number of aliphatic hydroxyl groups excluding tert-OH is 1. The number of carbonyl (C=O) groups excluding carboxylic acids is 1. The van der Waals surface area contributed by atoms with Gasteiger partial charge < -0.3 is 10.4 Å². The standard InChI is InChI=1S/C28H27F5N4O2/c1-17(38)27(29,30)20-6-4-18(5-7-20)14-25(39)34-22-12-13-24-23(15-22)35-36-37(24)16-26(2,3)19-8-10-21(11-9-19)28(31,32)33/h4-13,15,17,38H,14,16H2,1-3H3,(H,34,39). The highest BCUT2D eigenvalue weighted by molar-refractivity contribution is 5.94. The van der Waals surface area contributed by atoms with Gasteiger partial charge in [-0.2, -0.15) is 22.0 Å². The Balaban J connectivity index is 1.43. The zero-order valence-corrected chi connectivity index (χ0v) is 21.4. The van der Waals surface area contributed by atoms with Gasteiger partial charge in [0.15, 0.2) is 0 Å². The number of rotatable bonds is 8. The number of nitrogens with one attached hydrogen (secondary N) is 1. The molecule has 1 amide bonds. The van der Waals surface area contributed by atoms with Crippen LogP contribution < -0.4 is 5.32 Å². The minimum atomic E-state index is -4.40. The van der Waals surface area contributed by atoms with Crippen LogP contribution in [-0.4, -0.2) is 32.1 Å². The summed E-state index contributed by atoms with van der Waals surface area (Å²) in [5.41, 5.74) is 1.31. The average molecular weight is 547 g/mol. The normalized spacial score (nSPS) is 13.5. The molecule has 11 heteroatoms. The van der Waals surface area contributed by atoms with Crippen LogP contribution in [0.5, 0.6) is 0 Å². The highest BCUT2D eigenvalue weighted by Crippen LogP contribution is 2.33. The van der Waals surface area contributed by atoms with Crippen LogP contribution in [-0.2, 0) is 35.3 Å². The van der Waals surface area contributed by atoms with Crippen LogP contribution in [0.3, 0.4) is 0 Å². The van der Waals surface area contributed by atoms with Gasteiger partial charge in [0.25, 0.3) is 5.92 Å². The molecule has 0 aliphatic heterocycles. The van der Waals surface area contributed by atoms with Crippen LogP contribution in [0, 0.1) is 0 Å². The van der Waals surface area contributed by atoms with Gasteiger partial charge in [-0.1, -0.05) is 55.5 Å². The fraction of sp³-hybridized carbons (Fsp3) is 0.321. The number of hydrogen-bond donors (Lipinski definition) is 2. The number of amides is 1. The number of aliphatic hydroxyl groups is 1. The van der Waals surface area contributed by atoms with Crippen LogP contribution in [0.4, 0.5) is 27.6 Å². The van der Waals surface area contributed by atoms with Crippen molar-refractivity contribution < 1.29 is 31.9 Å². The molecular weight excluding hydrogens is 519 g/mol. The lowest BCUT2D eigenvalue weighted by Gasteiger charge is -2.25. The Labute approximate surface area is 221 Å². The number of benzene rings is 3. The minimum absolute atomic E-state index is 0.0490. The van der Waals surface area contributed by atoms with Crippen molar-refractivity contribution in [3.05, 3.63) is 89.0 Å². The molecule has 0 saturated carbocycles. The van der Waals surface area contributed by atoms with E-state index in [1.807, 2.05) is 13.8 Å². The summed E-state index contributed by atoms with van der Waals surface area (Å²) in [6, 6.07) is 15.3. The van der Waals surface area contributed by atoms with Gasteiger partial charge in [-0.25, -0.2) is 4.68 Å². The monoisotopic (exact) mass is 546 g/mol. The van der Waals surface area contributed by atoms with Gasteiger partial charge in [-0.15, -0.1) is 5.10 Å². The molecule has 4 rings (SSSR count). The number of anilines is 1. The number of carbonyl (C=O) groups is 1. The Kier molecular flexibility index (Phi) is 7.48. The first-order valence-electron chi connectivity index (χ1n) is 12.1. The number of fused-ring (bicyclic) bond motifs is 1. The molecule has 1 aromatic heterocycles. The molecule has 39 heavy (non-hydrogen) atoms. The summed E-state index contributed by atoms with van der Waals surface area (Å²) in [4.78, 5) is 12.5. The molecule has 4 aromatic rings. The lowest BCUT2D eigenvalue weighted by atomic mass is 9.84. The fourth-order valence-electron chi connectivity index (χ4n) is 4.22. The molecule has 206 valence electrons. The summed E-state index contributed by atoms with van der Waals surface area (Å²) < 4.78 is 68.3. The van der Waals surface area contributed by atoms with Gasteiger partial charge >= 0.3 is 6.18 Å². The molecule has 0 fully saturated rings. The van der Waals surface area contributed by atoms with Crippen LogP contribution in [0.1, 0.15) is 43.0 Å². The van der Waals surface area contributed by atoms with Gasteiger partial charge in [0.1, 0.15) is 11.6 Å². The Hall–Kier alpha value is -3.86.